The van der Waals surface area contributed by atoms with Crippen molar-refractivity contribution in [2.24, 2.45) is 0 Å². The molecule has 0 bridgehead atoms. The van der Waals surface area contributed by atoms with Crippen molar-refractivity contribution in [1.82, 2.24) is 15.0 Å². The minimum absolute atomic E-state index is 0.00118. The van der Waals surface area contributed by atoms with Gasteiger partial charge in [-0.1, -0.05) is 17.3 Å². The zero-order valence-electron chi connectivity index (χ0n) is 13.4. The molecule has 2 heterocycles. The van der Waals surface area contributed by atoms with E-state index in [9.17, 15) is 10.1 Å². The fraction of sp³-hybridized carbons (Fsp3) is 0.294. The largest absolute Gasteiger partial charge is 0.468 e. The summed E-state index contributed by atoms with van der Waals surface area (Å²) in [6.07, 6.45) is 3.95. The summed E-state index contributed by atoms with van der Waals surface area (Å²) in [4.78, 5) is 17.1. The number of nitrogens with zero attached hydrogens (tertiary/aromatic N) is 4. The minimum atomic E-state index is -0.442. The molecule has 8 nitrogen and oxygen atoms in total. The quantitative estimate of drug-likeness (QED) is 0.480. The van der Waals surface area contributed by atoms with Crippen LogP contribution in [0.3, 0.4) is 0 Å². The second-order valence-corrected chi connectivity index (χ2v) is 6.03. The predicted molar refractivity (Wildman–Crippen MR) is 87.4 cm³/mol. The molecule has 0 atom stereocenters. The summed E-state index contributed by atoms with van der Waals surface area (Å²) in [5, 5.41) is 14.9. The van der Waals surface area contributed by atoms with Crippen LogP contribution in [0, 0.1) is 10.1 Å². The molecule has 0 aliphatic heterocycles. The Morgan fingerprint density at radius 2 is 2.12 bits per heavy atom. The molecular weight excluding hydrogens is 324 g/mol. The Hall–Kier alpha value is -3.00. The molecule has 1 aliphatic carbocycles. The van der Waals surface area contributed by atoms with Crippen molar-refractivity contribution < 1.29 is 13.9 Å². The van der Waals surface area contributed by atoms with E-state index in [4.69, 9.17) is 8.94 Å². The lowest BCUT2D eigenvalue weighted by Gasteiger charge is -2.18. The van der Waals surface area contributed by atoms with Crippen molar-refractivity contribution in [1.29, 1.82) is 0 Å². The number of nitro groups is 1. The molecule has 0 amide bonds. The summed E-state index contributed by atoms with van der Waals surface area (Å²) >= 11 is 0. The molecule has 0 unspecified atom stereocenters. The molecule has 1 aliphatic rings. The number of benzene rings is 1. The molecule has 1 saturated carbocycles. The van der Waals surface area contributed by atoms with Gasteiger partial charge in [0.15, 0.2) is 0 Å². The van der Waals surface area contributed by atoms with Gasteiger partial charge in [0.2, 0.25) is 11.7 Å². The van der Waals surface area contributed by atoms with E-state index in [0.717, 1.165) is 18.6 Å². The van der Waals surface area contributed by atoms with Crippen LogP contribution >= 0.6 is 0 Å². The van der Waals surface area contributed by atoms with Crippen molar-refractivity contribution in [3.05, 3.63) is 64.4 Å². The summed E-state index contributed by atoms with van der Waals surface area (Å²) in [5.41, 5.74) is 0.564. The van der Waals surface area contributed by atoms with Gasteiger partial charge in [-0.2, -0.15) is 4.98 Å². The molecule has 0 N–H and O–H groups in total. The number of non-ortho nitro benzene ring substituents is 1. The van der Waals surface area contributed by atoms with Gasteiger partial charge in [0.05, 0.1) is 24.3 Å². The van der Waals surface area contributed by atoms with Crippen LogP contribution < -0.4 is 0 Å². The average Bonchev–Trinajstić information content (AvgIpc) is 3.14. The third-order valence-corrected chi connectivity index (χ3v) is 4.12. The maximum atomic E-state index is 10.9. The maximum Gasteiger partial charge on any atom is 0.270 e. The predicted octanol–water partition coefficient (Wildman–Crippen LogP) is 3.40. The zero-order chi connectivity index (χ0) is 17.2. The van der Waals surface area contributed by atoms with Gasteiger partial charge >= 0.3 is 0 Å². The van der Waals surface area contributed by atoms with E-state index in [2.05, 4.69) is 15.0 Å². The number of hydrogen-bond donors (Lipinski definition) is 0. The van der Waals surface area contributed by atoms with Crippen LogP contribution in [0.15, 0.2) is 51.6 Å². The van der Waals surface area contributed by atoms with Crippen LogP contribution in [0.5, 0.6) is 0 Å². The lowest BCUT2D eigenvalue weighted by molar-refractivity contribution is -0.384. The first kappa shape index (κ1) is 15.5. The van der Waals surface area contributed by atoms with Gasteiger partial charge in [0, 0.05) is 23.7 Å². The van der Waals surface area contributed by atoms with Gasteiger partial charge < -0.3 is 8.94 Å². The third-order valence-electron chi connectivity index (χ3n) is 4.12. The Morgan fingerprint density at radius 1 is 1.24 bits per heavy atom. The monoisotopic (exact) mass is 340 g/mol. The molecule has 1 fully saturated rings. The summed E-state index contributed by atoms with van der Waals surface area (Å²) in [5.74, 6) is 1.73. The Balaban J connectivity index is 1.50. The van der Waals surface area contributed by atoms with E-state index in [1.54, 1.807) is 18.4 Å². The second kappa shape index (κ2) is 6.48. The van der Waals surface area contributed by atoms with Crippen molar-refractivity contribution in [2.45, 2.75) is 32.0 Å². The lowest BCUT2D eigenvalue weighted by atomic mass is 10.2. The van der Waals surface area contributed by atoms with E-state index >= 15 is 0 Å². The zero-order valence-corrected chi connectivity index (χ0v) is 13.4. The van der Waals surface area contributed by atoms with Crippen LogP contribution in [0.4, 0.5) is 5.69 Å². The highest BCUT2D eigenvalue weighted by Crippen LogP contribution is 2.30. The Morgan fingerprint density at radius 3 is 2.84 bits per heavy atom. The van der Waals surface area contributed by atoms with E-state index in [1.807, 2.05) is 12.1 Å². The molecule has 0 saturated heterocycles. The summed E-state index contributed by atoms with van der Waals surface area (Å²) in [6.45, 7) is 1.21. The minimum Gasteiger partial charge on any atom is -0.468 e. The fourth-order valence-electron chi connectivity index (χ4n) is 2.73. The number of furan rings is 1. The van der Waals surface area contributed by atoms with Crippen LogP contribution in [-0.2, 0) is 13.1 Å². The standard InChI is InChI=1S/C17H16N4O4/c22-21(23)14-4-1-3-12(9-14)17-18-16(25-19-17)11-20(13-6-7-13)10-15-5-2-8-24-15/h1-5,8-9,13H,6-7,10-11H2. The van der Waals surface area contributed by atoms with Gasteiger partial charge in [0.25, 0.3) is 5.69 Å². The SMILES string of the molecule is O=[N+]([O-])c1cccc(-c2noc(CN(Cc3ccco3)C3CC3)n2)c1. The summed E-state index contributed by atoms with van der Waals surface area (Å²) in [6, 6.07) is 10.5. The molecule has 1 aromatic carbocycles. The molecule has 8 heteroatoms. The normalized spacial score (nSPS) is 14.1. The topological polar surface area (TPSA) is 98.4 Å². The van der Waals surface area contributed by atoms with Crippen molar-refractivity contribution in [2.75, 3.05) is 0 Å². The first-order chi connectivity index (χ1) is 12.2. The summed E-state index contributed by atoms with van der Waals surface area (Å²) in [7, 11) is 0. The number of rotatable bonds is 7. The first-order valence-electron chi connectivity index (χ1n) is 8.03. The Labute approximate surface area is 143 Å². The van der Waals surface area contributed by atoms with Gasteiger partial charge in [-0.3, -0.25) is 15.0 Å². The third kappa shape index (κ3) is 3.58. The van der Waals surface area contributed by atoms with Gasteiger partial charge in [-0.25, -0.2) is 0 Å². The van der Waals surface area contributed by atoms with Crippen LogP contribution in [0.1, 0.15) is 24.5 Å². The smallest absolute Gasteiger partial charge is 0.270 e. The Kier molecular flexibility index (Phi) is 4.02. The highest BCUT2D eigenvalue weighted by atomic mass is 16.6. The van der Waals surface area contributed by atoms with Gasteiger partial charge in [-0.15, -0.1) is 0 Å². The number of hydrogen-bond acceptors (Lipinski definition) is 7. The van der Waals surface area contributed by atoms with E-state index in [-0.39, 0.29) is 5.69 Å². The van der Waals surface area contributed by atoms with Gasteiger partial charge in [-0.05, 0) is 25.0 Å². The first-order valence-corrected chi connectivity index (χ1v) is 8.03. The molecule has 4 rings (SSSR count). The highest BCUT2D eigenvalue weighted by Gasteiger charge is 2.31. The molecule has 25 heavy (non-hydrogen) atoms. The van der Waals surface area contributed by atoms with Crippen molar-refractivity contribution in [3.8, 4) is 11.4 Å². The molecule has 0 spiro atoms. The average molecular weight is 340 g/mol. The summed E-state index contributed by atoms with van der Waals surface area (Å²) < 4.78 is 10.8. The van der Waals surface area contributed by atoms with E-state index in [1.165, 1.54) is 12.1 Å². The molecule has 3 aromatic rings. The van der Waals surface area contributed by atoms with E-state index < -0.39 is 4.92 Å². The fourth-order valence-corrected chi connectivity index (χ4v) is 2.73. The Bertz CT molecular complexity index is 870. The van der Waals surface area contributed by atoms with E-state index in [0.29, 0.717) is 36.4 Å². The van der Waals surface area contributed by atoms with Crippen LogP contribution in [0.25, 0.3) is 11.4 Å². The maximum absolute atomic E-state index is 10.9. The van der Waals surface area contributed by atoms with Crippen molar-refractivity contribution in [3.63, 3.8) is 0 Å². The highest BCUT2D eigenvalue weighted by molar-refractivity contribution is 5.58. The lowest BCUT2D eigenvalue weighted by Crippen LogP contribution is -2.25. The van der Waals surface area contributed by atoms with Crippen molar-refractivity contribution >= 4 is 5.69 Å². The number of nitro benzene ring substituents is 1. The second-order valence-electron chi connectivity index (χ2n) is 6.03. The molecule has 0 radical (unpaired) electrons. The van der Waals surface area contributed by atoms with Crippen LogP contribution in [-0.4, -0.2) is 26.0 Å². The molecule has 128 valence electrons. The van der Waals surface area contributed by atoms with Gasteiger partial charge in [0.1, 0.15) is 5.76 Å². The molecule has 2 aromatic heterocycles. The van der Waals surface area contributed by atoms with Crippen LogP contribution in [0.2, 0.25) is 0 Å². The number of aromatic nitrogens is 2. The molecular formula is C17H16N4O4.